The van der Waals surface area contributed by atoms with Crippen molar-refractivity contribution >= 4 is 0 Å². The highest BCUT2D eigenvalue weighted by atomic mass is 17.3. The van der Waals surface area contributed by atoms with Gasteiger partial charge in [-0.3, -0.25) is 0 Å². The van der Waals surface area contributed by atoms with Gasteiger partial charge in [-0.2, -0.15) is 9.78 Å². The Balaban J connectivity index is 3.82. The van der Waals surface area contributed by atoms with Crippen LogP contribution in [-0.2, 0) is 9.78 Å². The van der Waals surface area contributed by atoms with Gasteiger partial charge in [-0.1, -0.05) is 13.8 Å². The van der Waals surface area contributed by atoms with Crippen molar-refractivity contribution in [1.29, 1.82) is 0 Å². The van der Waals surface area contributed by atoms with Crippen molar-refractivity contribution in [3.05, 3.63) is 0 Å². The first-order chi connectivity index (χ1) is 5.33. The van der Waals surface area contributed by atoms with Crippen molar-refractivity contribution in [1.82, 2.24) is 0 Å². The Morgan fingerprint density at radius 1 is 0.833 bits per heavy atom. The summed E-state index contributed by atoms with van der Waals surface area (Å²) in [5, 5.41) is 35.1. The average Bonchev–Trinajstić information content (AvgIpc) is 2.02. The summed E-state index contributed by atoms with van der Waals surface area (Å²) in [7, 11) is 0. The molecular weight excluding hydrogens is 168 g/mol. The fourth-order valence-electron chi connectivity index (χ4n) is 0.251. The van der Waals surface area contributed by atoms with Crippen LogP contribution in [0.1, 0.15) is 26.7 Å². The van der Waals surface area contributed by atoms with Crippen LogP contribution < -0.4 is 0 Å². The van der Waals surface area contributed by atoms with Gasteiger partial charge < -0.3 is 20.4 Å². The number of aliphatic hydroxyl groups is 4. The molecule has 6 heteroatoms. The van der Waals surface area contributed by atoms with Crippen LogP contribution in [0.2, 0.25) is 0 Å². The lowest BCUT2D eigenvalue weighted by molar-refractivity contribution is -0.574. The minimum atomic E-state index is -2.49. The van der Waals surface area contributed by atoms with Gasteiger partial charge in [0.25, 0.3) is 0 Å². The molecule has 12 heavy (non-hydrogen) atoms. The van der Waals surface area contributed by atoms with Crippen LogP contribution >= 0.6 is 0 Å². The van der Waals surface area contributed by atoms with Crippen molar-refractivity contribution in [3.63, 3.8) is 0 Å². The SMILES string of the molecule is CCC(O)(O)OOC(O)(O)CC. The summed E-state index contributed by atoms with van der Waals surface area (Å²) in [6, 6.07) is 0. The molecule has 4 N–H and O–H groups in total. The zero-order valence-corrected chi connectivity index (χ0v) is 7.02. The molecule has 0 aromatic heterocycles. The maximum Gasteiger partial charge on any atom is 0.307 e. The van der Waals surface area contributed by atoms with E-state index < -0.39 is 11.9 Å². The smallest absolute Gasteiger partial charge is 0.307 e. The molecule has 0 aliphatic rings. The highest BCUT2D eigenvalue weighted by molar-refractivity contribution is 4.43. The number of rotatable bonds is 5. The van der Waals surface area contributed by atoms with Gasteiger partial charge >= 0.3 is 11.9 Å². The van der Waals surface area contributed by atoms with Crippen molar-refractivity contribution < 1.29 is 30.2 Å². The third-order valence-corrected chi connectivity index (χ3v) is 1.23. The first-order valence-electron chi connectivity index (χ1n) is 3.59. The van der Waals surface area contributed by atoms with E-state index in [0.29, 0.717) is 0 Å². The minimum Gasteiger partial charge on any atom is -0.342 e. The van der Waals surface area contributed by atoms with Crippen molar-refractivity contribution in [3.8, 4) is 0 Å². The third kappa shape index (κ3) is 4.60. The Morgan fingerprint density at radius 3 is 1.25 bits per heavy atom. The van der Waals surface area contributed by atoms with Gasteiger partial charge in [0.2, 0.25) is 0 Å². The molecule has 0 aliphatic heterocycles. The second-order valence-electron chi connectivity index (χ2n) is 2.36. The van der Waals surface area contributed by atoms with Crippen LogP contribution in [0.15, 0.2) is 0 Å². The summed E-state index contributed by atoms with van der Waals surface area (Å²) in [4.78, 5) is 7.89. The standard InChI is InChI=1S/C6H14O6/c1-3-5(7,8)11-12-6(9,10)4-2/h7-10H,3-4H2,1-2H3. The van der Waals surface area contributed by atoms with Crippen LogP contribution in [0.4, 0.5) is 0 Å². The molecule has 0 rings (SSSR count). The van der Waals surface area contributed by atoms with Gasteiger partial charge in [0.1, 0.15) is 0 Å². The normalized spacial score (nSPS) is 13.5. The van der Waals surface area contributed by atoms with E-state index in [1.165, 1.54) is 13.8 Å². The largest absolute Gasteiger partial charge is 0.342 e. The fourth-order valence-corrected chi connectivity index (χ4v) is 0.251. The van der Waals surface area contributed by atoms with Crippen molar-refractivity contribution in [2.75, 3.05) is 0 Å². The zero-order valence-electron chi connectivity index (χ0n) is 7.02. The highest BCUT2D eigenvalue weighted by Crippen LogP contribution is 2.14. The molecule has 0 fully saturated rings. The maximum atomic E-state index is 8.77. The third-order valence-electron chi connectivity index (χ3n) is 1.23. The van der Waals surface area contributed by atoms with Crippen LogP contribution in [0.5, 0.6) is 0 Å². The summed E-state index contributed by atoms with van der Waals surface area (Å²) in [5.74, 6) is -4.99. The van der Waals surface area contributed by atoms with E-state index in [-0.39, 0.29) is 12.8 Å². The quantitative estimate of drug-likeness (QED) is 0.248. The first kappa shape index (κ1) is 11.8. The summed E-state index contributed by atoms with van der Waals surface area (Å²) in [6.45, 7) is 2.84. The van der Waals surface area contributed by atoms with Crippen LogP contribution in [0, 0.1) is 0 Å². The van der Waals surface area contributed by atoms with E-state index in [9.17, 15) is 0 Å². The van der Waals surface area contributed by atoms with E-state index >= 15 is 0 Å². The van der Waals surface area contributed by atoms with E-state index in [1.807, 2.05) is 0 Å². The Morgan fingerprint density at radius 2 is 1.08 bits per heavy atom. The summed E-state index contributed by atoms with van der Waals surface area (Å²) in [6.07, 6.45) is -0.320. The molecule has 0 saturated heterocycles. The molecular formula is C6H14O6. The average molecular weight is 182 g/mol. The summed E-state index contributed by atoms with van der Waals surface area (Å²) in [5.41, 5.74) is 0. The van der Waals surface area contributed by atoms with Gasteiger partial charge in [0.15, 0.2) is 0 Å². The van der Waals surface area contributed by atoms with Crippen LogP contribution in [-0.4, -0.2) is 32.4 Å². The Bertz CT molecular complexity index is 116. The second kappa shape index (κ2) is 4.13. The van der Waals surface area contributed by atoms with Gasteiger partial charge in [-0.25, -0.2) is 0 Å². The summed E-state index contributed by atoms with van der Waals surface area (Å²) < 4.78 is 0. The predicted octanol–water partition coefficient (Wildman–Crippen LogP) is -0.969. The molecule has 0 saturated carbocycles. The van der Waals surface area contributed by atoms with Gasteiger partial charge in [-0.05, 0) is 0 Å². The lowest BCUT2D eigenvalue weighted by Crippen LogP contribution is -2.38. The summed E-state index contributed by atoms with van der Waals surface area (Å²) >= 11 is 0. The molecule has 0 aliphatic carbocycles. The van der Waals surface area contributed by atoms with E-state index in [4.69, 9.17) is 20.4 Å². The lowest BCUT2D eigenvalue weighted by atomic mass is 10.4. The van der Waals surface area contributed by atoms with Crippen molar-refractivity contribution in [2.45, 2.75) is 38.6 Å². The van der Waals surface area contributed by atoms with Crippen LogP contribution in [0.3, 0.4) is 0 Å². The molecule has 0 radical (unpaired) electrons. The predicted molar refractivity (Wildman–Crippen MR) is 37.1 cm³/mol. The molecule has 0 unspecified atom stereocenters. The van der Waals surface area contributed by atoms with Crippen LogP contribution in [0.25, 0.3) is 0 Å². The van der Waals surface area contributed by atoms with E-state index in [1.54, 1.807) is 0 Å². The molecule has 0 amide bonds. The van der Waals surface area contributed by atoms with E-state index in [0.717, 1.165) is 0 Å². The number of hydrogen-bond acceptors (Lipinski definition) is 6. The molecule has 0 bridgehead atoms. The van der Waals surface area contributed by atoms with Gasteiger partial charge in [0, 0.05) is 12.8 Å². The van der Waals surface area contributed by atoms with Crippen molar-refractivity contribution in [2.24, 2.45) is 0 Å². The molecule has 0 atom stereocenters. The Hall–Kier alpha value is -0.240. The molecule has 0 aromatic rings. The van der Waals surface area contributed by atoms with Gasteiger partial charge in [-0.15, -0.1) is 0 Å². The molecule has 0 spiro atoms. The zero-order chi connectivity index (χ0) is 9.83. The number of hydrogen-bond donors (Lipinski definition) is 4. The minimum absolute atomic E-state index is 0.160. The molecule has 0 heterocycles. The van der Waals surface area contributed by atoms with Gasteiger partial charge in [0.05, 0.1) is 0 Å². The second-order valence-corrected chi connectivity index (χ2v) is 2.36. The molecule has 0 aromatic carbocycles. The molecule has 74 valence electrons. The monoisotopic (exact) mass is 182 g/mol. The first-order valence-corrected chi connectivity index (χ1v) is 3.59. The highest BCUT2D eigenvalue weighted by Gasteiger charge is 2.30. The maximum absolute atomic E-state index is 8.77. The fraction of sp³-hybridized carbons (Fsp3) is 1.00. The van der Waals surface area contributed by atoms with E-state index in [2.05, 4.69) is 9.78 Å². The molecule has 6 nitrogen and oxygen atoms in total. The topological polar surface area (TPSA) is 99.4 Å². The Kier molecular flexibility index (Phi) is 4.04. The lowest BCUT2D eigenvalue weighted by Gasteiger charge is -2.24. The Labute approximate surface area is 69.9 Å².